The van der Waals surface area contributed by atoms with Gasteiger partial charge >= 0.3 is 0 Å². The number of aryl methyl sites for hydroxylation is 3. The molecule has 1 aromatic heterocycles. The molecule has 0 unspecified atom stereocenters. The summed E-state index contributed by atoms with van der Waals surface area (Å²) in [7, 11) is 1.72. The molecule has 1 aromatic carbocycles. The molecule has 0 amide bonds. The van der Waals surface area contributed by atoms with Gasteiger partial charge < -0.3 is 15.4 Å². The van der Waals surface area contributed by atoms with Crippen molar-refractivity contribution in [2.75, 3.05) is 26.7 Å². The Labute approximate surface area is 160 Å². The maximum absolute atomic E-state index is 5.45. The predicted octanol–water partition coefficient (Wildman–Crippen LogP) is 3.50. The highest BCUT2D eigenvalue weighted by atomic mass is 32.1. The van der Waals surface area contributed by atoms with E-state index in [1.807, 2.05) is 13.0 Å². The van der Waals surface area contributed by atoms with Crippen LogP contribution < -0.4 is 15.4 Å². The molecule has 2 rings (SSSR count). The molecule has 0 aliphatic rings. The molecule has 0 radical (unpaired) electrons. The molecule has 0 saturated heterocycles. The quantitative estimate of drug-likeness (QED) is 0.401. The summed E-state index contributed by atoms with van der Waals surface area (Å²) in [6.07, 6.45) is 2.89. The maximum Gasteiger partial charge on any atom is 0.191 e. The molecule has 0 aliphatic carbocycles. The van der Waals surface area contributed by atoms with Gasteiger partial charge in [0.15, 0.2) is 5.96 Å². The van der Waals surface area contributed by atoms with Crippen LogP contribution in [0.25, 0.3) is 0 Å². The summed E-state index contributed by atoms with van der Waals surface area (Å²) in [5.41, 5.74) is 3.57. The first-order valence-electron chi connectivity index (χ1n) is 9.19. The van der Waals surface area contributed by atoms with Gasteiger partial charge in [-0.25, -0.2) is 4.98 Å². The molecule has 142 valence electrons. The van der Waals surface area contributed by atoms with E-state index in [4.69, 9.17) is 4.74 Å². The fraction of sp³-hybridized carbons (Fsp3) is 0.500. The molecule has 26 heavy (non-hydrogen) atoms. The van der Waals surface area contributed by atoms with Crippen molar-refractivity contribution in [3.8, 4) is 5.75 Å². The molecule has 0 saturated carbocycles. The minimum absolute atomic E-state index is 0.793. The van der Waals surface area contributed by atoms with E-state index in [1.54, 1.807) is 18.4 Å². The first kappa shape index (κ1) is 20.2. The van der Waals surface area contributed by atoms with Crippen molar-refractivity contribution in [3.05, 3.63) is 45.4 Å². The Morgan fingerprint density at radius 2 is 2.08 bits per heavy atom. The summed E-state index contributed by atoms with van der Waals surface area (Å²) in [6, 6.07) is 6.29. The highest BCUT2D eigenvalue weighted by molar-refractivity contribution is 7.09. The minimum Gasteiger partial charge on any atom is -0.496 e. The number of aliphatic imine (C=N–C) groups is 1. The summed E-state index contributed by atoms with van der Waals surface area (Å²) in [5, 5.41) is 10.0. The summed E-state index contributed by atoms with van der Waals surface area (Å²) in [4.78, 5) is 9.16. The minimum atomic E-state index is 0.793. The van der Waals surface area contributed by atoms with E-state index in [9.17, 15) is 0 Å². The third-order valence-corrected chi connectivity index (χ3v) is 4.98. The van der Waals surface area contributed by atoms with Gasteiger partial charge in [0.2, 0.25) is 0 Å². The number of rotatable bonds is 9. The van der Waals surface area contributed by atoms with Crippen LogP contribution in [0.3, 0.4) is 0 Å². The molecule has 0 atom stereocenters. The van der Waals surface area contributed by atoms with Crippen LogP contribution in [0.15, 0.2) is 28.6 Å². The number of ether oxygens (including phenoxy) is 1. The standard InChI is InChI=1S/C20H30N4OS/c1-5-21-20(22-11-6-7-19-24-16(3)14-26-19)23-12-10-17-13-15(2)8-9-18(17)25-4/h8-9,13-14H,5-7,10-12H2,1-4H3,(H2,21,22,23). The van der Waals surface area contributed by atoms with Crippen LogP contribution in [0.2, 0.25) is 0 Å². The normalized spacial score (nSPS) is 11.5. The van der Waals surface area contributed by atoms with Crippen molar-refractivity contribution in [1.82, 2.24) is 15.6 Å². The van der Waals surface area contributed by atoms with Gasteiger partial charge in [0.1, 0.15) is 5.75 Å². The Kier molecular flexibility index (Phi) is 8.41. The zero-order valence-corrected chi connectivity index (χ0v) is 17.1. The second-order valence-electron chi connectivity index (χ2n) is 6.24. The first-order valence-corrected chi connectivity index (χ1v) is 10.1. The Morgan fingerprint density at radius 1 is 1.23 bits per heavy atom. The predicted molar refractivity (Wildman–Crippen MR) is 111 cm³/mol. The van der Waals surface area contributed by atoms with Gasteiger partial charge in [-0.3, -0.25) is 4.99 Å². The van der Waals surface area contributed by atoms with Crippen molar-refractivity contribution in [2.24, 2.45) is 4.99 Å². The van der Waals surface area contributed by atoms with Crippen LogP contribution in [-0.2, 0) is 12.8 Å². The van der Waals surface area contributed by atoms with Gasteiger partial charge in [0.05, 0.1) is 12.1 Å². The zero-order valence-electron chi connectivity index (χ0n) is 16.3. The van der Waals surface area contributed by atoms with Gasteiger partial charge in [0.25, 0.3) is 0 Å². The number of nitrogens with zero attached hydrogens (tertiary/aromatic N) is 2. The van der Waals surface area contributed by atoms with Crippen LogP contribution >= 0.6 is 11.3 Å². The lowest BCUT2D eigenvalue weighted by Gasteiger charge is -2.13. The number of thiazole rings is 1. The third-order valence-electron chi connectivity index (χ3n) is 3.95. The van der Waals surface area contributed by atoms with Crippen LogP contribution in [0.1, 0.15) is 35.2 Å². The highest BCUT2D eigenvalue weighted by Crippen LogP contribution is 2.19. The molecular formula is C20H30N4OS. The van der Waals surface area contributed by atoms with Gasteiger partial charge in [-0.2, -0.15) is 0 Å². The largest absolute Gasteiger partial charge is 0.496 e. The summed E-state index contributed by atoms with van der Waals surface area (Å²) >= 11 is 1.73. The number of nitrogens with one attached hydrogen (secondary N) is 2. The molecule has 0 bridgehead atoms. The lowest BCUT2D eigenvalue weighted by Crippen LogP contribution is -2.38. The summed E-state index contributed by atoms with van der Waals surface area (Å²) in [6.45, 7) is 8.68. The van der Waals surface area contributed by atoms with Gasteiger partial charge in [-0.1, -0.05) is 17.7 Å². The van der Waals surface area contributed by atoms with Crippen molar-refractivity contribution in [2.45, 2.75) is 40.0 Å². The highest BCUT2D eigenvalue weighted by Gasteiger charge is 2.04. The first-order chi connectivity index (χ1) is 12.6. The molecule has 0 spiro atoms. The van der Waals surface area contributed by atoms with E-state index >= 15 is 0 Å². The topological polar surface area (TPSA) is 58.5 Å². The number of methoxy groups -OCH3 is 1. The van der Waals surface area contributed by atoms with Crippen molar-refractivity contribution in [3.63, 3.8) is 0 Å². The van der Waals surface area contributed by atoms with Crippen molar-refractivity contribution in [1.29, 1.82) is 0 Å². The molecule has 2 N–H and O–H groups in total. The lowest BCUT2D eigenvalue weighted by atomic mass is 10.1. The lowest BCUT2D eigenvalue weighted by molar-refractivity contribution is 0.409. The smallest absolute Gasteiger partial charge is 0.191 e. The van der Waals surface area contributed by atoms with E-state index in [-0.39, 0.29) is 0 Å². The van der Waals surface area contributed by atoms with Gasteiger partial charge in [-0.15, -0.1) is 11.3 Å². The van der Waals surface area contributed by atoms with E-state index in [0.29, 0.717) is 0 Å². The number of hydrogen-bond acceptors (Lipinski definition) is 4. The van der Waals surface area contributed by atoms with Crippen LogP contribution in [0.4, 0.5) is 0 Å². The molecule has 6 heteroatoms. The SMILES string of the molecule is CCNC(=NCCCc1nc(C)cs1)NCCc1cc(C)ccc1OC. The molecule has 0 aliphatic heterocycles. The van der Waals surface area contributed by atoms with Crippen molar-refractivity contribution < 1.29 is 4.74 Å². The average molecular weight is 375 g/mol. The summed E-state index contributed by atoms with van der Waals surface area (Å²) in [5.74, 6) is 1.81. The number of hydrogen-bond donors (Lipinski definition) is 2. The second-order valence-corrected chi connectivity index (χ2v) is 7.18. The monoisotopic (exact) mass is 374 g/mol. The molecule has 2 aromatic rings. The fourth-order valence-electron chi connectivity index (χ4n) is 2.70. The number of aromatic nitrogens is 1. The van der Waals surface area contributed by atoms with Gasteiger partial charge in [-0.05, 0) is 45.2 Å². The Morgan fingerprint density at radius 3 is 2.77 bits per heavy atom. The van der Waals surface area contributed by atoms with E-state index < -0.39 is 0 Å². The van der Waals surface area contributed by atoms with E-state index in [1.165, 1.54) is 16.1 Å². The molecule has 1 heterocycles. The van der Waals surface area contributed by atoms with Crippen LogP contribution in [-0.4, -0.2) is 37.7 Å². The van der Waals surface area contributed by atoms with Crippen molar-refractivity contribution >= 4 is 17.3 Å². The average Bonchev–Trinajstić information content (AvgIpc) is 3.04. The maximum atomic E-state index is 5.45. The number of benzene rings is 1. The third kappa shape index (κ3) is 6.67. The van der Waals surface area contributed by atoms with E-state index in [0.717, 1.165) is 56.3 Å². The Bertz CT molecular complexity index is 712. The van der Waals surface area contributed by atoms with Gasteiger partial charge in [0, 0.05) is 37.1 Å². The molecular weight excluding hydrogens is 344 g/mol. The Hall–Kier alpha value is -2.08. The van der Waals surface area contributed by atoms with Crippen LogP contribution in [0.5, 0.6) is 5.75 Å². The second kappa shape index (κ2) is 10.8. The number of guanidine groups is 1. The molecule has 0 fully saturated rings. The fourth-order valence-corrected chi connectivity index (χ4v) is 3.52. The molecule has 5 nitrogen and oxygen atoms in total. The summed E-state index contributed by atoms with van der Waals surface area (Å²) < 4.78 is 5.45. The van der Waals surface area contributed by atoms with E-state index in [2.05, 4.69) is 52.0 Å². The zero-order chi connectivity index (χ0) is 18.8. The Balaban J connectivity index is 1.80. The van der Waals surface area contributed by atoms with Crippen LogP contribution in [0, 0.1) is 13.8 Å².